The third kappa shape index (κ3) is 4.77. The molecule has 0 saturated heterocycles. The number of para-hydroxylation sites is 1. The molecule has 0 radical (unpaired) electrons. The predicted octanol–water partition coefficient (Wildman–Crippen LogP) is 9.88. The van der Waals surface area contributed by atoms with Gasteiger partial charge in [-0.05, 0) is 45.3 Å². The van der Waals surface area contributed by atoms with Crippen LogP contribution in [0.4, 0.5) is 0 Å². The Labute approximate surface area is 297 Å². The Hall–Kier alpha value is -4.82. The molecule has 0 bridgehead atoms. The summed E-state index contributed by atoms with van der Waals surface area (Å²) in [6.45, 7) is 4.59. The standard InChI is InChI=1S/C42H28N4.U/c1-42(2)35-19-11-9-17-31(35)32-23-21-30(26-36(32)42)40-43-39(28-15-7-4-8-16-28)44-41(45-40)46-37-20-12-10-18-33(37)34-25-29(22-24-38(34)46)27-13-5-3-6-14-27;/h3-13,15-21,23-26H,1-2H3;/q-2;+2. The fraction of sp³-hybridized carbons (Fsp3) is 0.0714. The van der Waals surface area contributed by atoms with E-state index in [1.54, 1.807) is 0 Å². The van der Waals surface area contributed by atoms with Gasteiger partial charge < -0.3 is 4.57 Å². The molecule has 6 aromatic carbocycles. The minimum absolute atomic E-state index is 0. The molecule has 4 nitrogen and oxygen atoms in total. The molecule has 0 fully saturated rings. The monoisotopic (exact) mass is 826 g/mol. The molecule has 9 rings (SSSR count). The summed E-state index contributed by atoms with van der Waals surface area (Å²) in [6, 6.07) is 53.0. The van der Waals surface area contributed by atoms with E-state index in [1.165, 1.54) is 22.3 Å². The molecule has 0 saturated carbocycles. The van der Waals surface area contributed by atoms with Crippen LogP contribution in [0, 0.1) is 43.2 Å². The molecule has 0 atom stereocenters. The van der Waals surface area contributed by atoms with E-state index in [0.29, 0.717) is 17.6 Å². The minimum atomic E-state index is -0.128. The second-order valence-electron chi connectivity index (χ2n) is 12.4. The zero-order valence-electron chi connectivity index (χ0n) is 26.0. The van der Waals surface area contributed by atoms with Crippen LogP contribution in [0.25, 0.3) is 72.8 Å². The van der Waals surface area contributed by atoms with Crippen LogP contribution < -0.4 is 0 Å². The van der Waals surface area contributed by atoms with Crippen molar-refractivity contribution < 1.29 is 31.1 Å². The van der Waals surface area contributed by atoms with Crippen molar-refractivity contribution in [2.24, 2.45) is 0 Å². The Morgan fingerprint density at radius 1 is 0.553 bits per heavy atom. The first-order valence-corrected chi connectivity index (χ1v) is 15.5. The van der Waals surface area contributed by atoms with Gasteiger partial charge in [-0.15, -0.1) is 12.1 Å². The van der Waals surface area contributed by atoms with Crippen molar-refractivity contribution in [3.63, 3.8) is 0 Å². The number of hydrogen-bond acceptors (Lipinski definition) is 3. The Morgan fingerprint density at radius 3 is 2.11 bits per heavy atom. The van der Waals surface area contributed by atoms with Crippen LogP contribution in [-0.2, 0) is 5.41 Å². The number of nitrogens with zero attached hydrogens (tertiary/aromatic N) is 4. The molecule has 8 aromatic rings. The van der Waals surface area contributed by atoms with Crippen LogP contribution in [0.5, 0.6) is 0 Å². The van der Waals surface area contributed by atoms with Gasteiger partial charge in [-0.1, -0.05) is 104 Å². The van der Waals surface area contributed by atoms with Crippen molar-refractivity contribution in [3.05, 3.63) is 157 Å². The van der Waals surface area contributed by atoms with Crippen molar-refractivity contribution in [2.45, 2.75) is 19.3 Å². The fourth-order valence-corrected chi connectivity index (χ4v) is 7.00. The maximum absolute atomic E-state index is 5.20. The van der Waals surface area contributed by atoms with E-state index in [2.05, 4.69) is 109 Å². The summed E-state index contributed by atoms with van der Waals surface area (Å²) in [5.74, 6) is 1.85. The summed E-state index contributed by atoms with van der Waals surface area (Å²) < 4.78 is 2.14. The van der Waals surface area contributed by atoms with E-state index in [9.17, 15) is 0 Å². The van der Waals surface area contributed by atoms with Crippen LogP contribution in [0.1, 0.15) is 25.0 Å². The summed E-state index contributed by atoms with van der Waals surface area (Å²) in [4.78, 5) is 15.4. The van der Waals surface area contributed by atoms with Crippen molar-refractivity contribution in [1.82, 2.24) is 19.5 Å². The van der Waals surface area contributed by atoms with Gasteiger partial charge in [0.15, 0.2) is 11.6 Å². The van der Waals surface area contributed by atoms with Gasteiger partial charge in [0.25, 0.3) is 0 Å². The summed E-state index contributed by atoms with van der Waals surface area (Å²) >= 11 is 0. The van der Waals surface area contributed by atoms with Gasteiger partial charge in [-0.2, -0.15) is 46.4 Å². The second kappa shape index (κ2) is 11.5. The van der Waals surface area contributed by atoms with Gasteiger partial charge in [0.05, 0.1) is 0 Å². The molecule has 0 N–H and O–H groups in total. The van der Waals surface area contributed by atoms with E-state index in [1.807, 2.05) is 54.6 Å². The number of fused-ring (bicyclic) bond motifs is 6. The van der Waals surface area contributed by atoms with Crippen molar-refractivity contribution >= 4 is 21.8 Å². The summed E-state index contributed by atoms with van der Waals surface area (Å²) in [5, 5.41) is 2.24. The second-order valence-corrected chi connectivity index (χ2v) is 12.4. The Kier molecular flexibility index (Phi) is 7.21. The van der Waals surface area contributed by atoms with Crippen LogP contribution in [-0.4, -0.2) is 19.5 Å². The Balaban J connectivity index is 0.00000324. The molecule has 5 heteroatoms. The van der Waals surface area contributed by atoms with Crippen molar-refractivity contribution in [2.75, 3.05) is 0 Å². The SMILES string of the molecule is CC1(C)c2ccccc2-c2ccc(-c3nc(-c4ccccc4)nc(-n4c5c[c-]c(-c6[c-]cccc6)cc5c5ccccc54)n3)cc21.[U+2]. The van der Waals surface area contributed by atoms with Crippen LogP contribution >= 0.6 is 0 Å². The molecule has 1 aliphatic rings. The van der Waals surface area contributed by atoms with E-state index in [0.717, 1.165) is 44.1 Å². The average molecular weight is 827 g/mol. The quantitative estimate of drug-likeness (QED) is 0.166. The van der Waals surface area contributed by atoms with Crippen LogP contribution in [0.15, 0.2) is 133 Å². The van der Waals surface area contributed by atoms with Crippen molar-refractivity contribution in [3.8, 4) is 51.0 Å². The number of rotatable bonds is 4. The summed E-state index contributed by atoms with van der Waals surface area (Å²) in [7, 11) is 0. The Morgan fingerprint density at radius 2 is 1.28 bits per heavy atom. The van der Waals surface area contributed by atoms with E-state index in [4.69, 9.17) is 15.0 Å². The largest absolute Gasteiger partial charge is 2.00 e. The zero-order valence-corrected chi connectivity index (χ0v) is 30.2. The third-order valence-corrected chi connectivity index (χ3v) is 9.30. The van der Waals surface area contributed by atoms with Gasteiger partial charge in [0.2, 0.25) is 5.95 Å². The summed E-state index contributed by atoms with van der Waals surface area (Å²) in [5.41, 5.74) is 11.0. The molecule has 2 heterocycles. The molecular weight excluding hydrogens is 799 g/mol. The van der Waals surface area contributed by atoms with Gasteiger partial charge in [0.1, 0.15) is 0 Å². The maximum atomic E-state index is 5.20. The topological polar surface area (TPSA) is 43.6 Å². The van der Waals surface area contributed by atoms with Crippen molar-refractivity contribution in [1.29, 1.82) is 0 Å². The molecule has 0 aliphatic heterocycles. The first kappa shape index (κ1) is 29.6. The first-order valence-electron chi connectivity index (χ1n) is 15.5. The smallest absolute Gasteiger partial charge is 0.319 e. The minimum Gasteiger partial charge on any atom is -0.319 e. The molecule has 47 heavy (non-hydrogen) atoms. The molecule has 2 aromatic heterocycles. The maximum Gasteiger partial charge on any atom is 2.00 e. The molecule has 220 valence electrons. The third-order valence-electron chi connectivity index (χ3n) is 9.30. The Bertz CT molecular complexity index is 2450. The van der Waals surface area contributed by atoms with Gasteiger partial charge >= 0.3 is 31.1 Å². The van der Waals surface area contributed by atoms with Crippen LogP contribution in [0.2, 0.25) is 0 Å². The average Bonchev–Trinajstić information content (AvgIpc) is 3.57. The van der Waals surface area contributed by atoms with Gasteiger partial charge in [0, 0.05) is 22.1 Å². The number of aromatic nitrogens is 4. The first-order chi connectivity index (χ1) is 22.6. The number of hydrogen-bond donors (Lipinski definition) is 0. The molecular formula is C42H28N4U. The molecule has 0 amide bonds. The number of benzene rings is 6. The molecule has 0 unspecified atom stereocenters. The van der Waals surface area contributed by atoms with E-state index >= 15 is 0 Å². The molecule has 0 spiro atoms. The van der Waals surface area contributed by atoms with E-state index < -0.39 is 0 Å². The predicted molar refractivity (Wildman–Crippen MR) is 186 cm³/mol. The van der Waals surface area contributed by atoms with Crippen LogP contribution in [0.3, 0.4) is 0 Å². The van der Waals surface area contributed by atoms with Gasteiger partial charge in [-0.25, -0.2) is 16.1 Å². The zero-order chi connectivity index (χ0) is 30.8. The summed E-state index contributed by atoms with van der Waals surface area (Å²) in [6.07, 6.45) is 0. The van der Waals surface area contributed by atoms with E-state index in [-0.39, 0.29) is 36.5 Å². The fourth-order valence-electron chi connectivity index (χ4n) is 7.00. The van der Waals surface area contributed by atoms with Gasteiger partial charge in [-0.3, -0.25) is 0 Å². The molecule has 1 aliphatic carbocycles. The normalized spacial score (nSPS) is 12.9.